The van der Waals surface area contributed by atoms with E-state index in [1.807, 2.05) is 24.3 Å². The lowest BCUT2D eigenvalue weighted by Crippen LogP contribution is -1.93. The van der Waals surface area contributed by atoms with Crippen LogP contribution in [-0.4, -0.2) is 13.3 Å². The summed E-state index contributed by atoms with van der Waals surface area (Å²) in [6.45, 7) is 0. The van der Waals surface area contributed by atoms with E-state index in [4.69, 9.17) is 4.74 Å². The minimum Gasteiger partial charge on any atom is -0.497 e. The minimum absolute atomic E-state index is 0.0223. The van der Waals surface area contributed by atoms with Gasteiger partial charge in [0.15, 0.2) is 0 Å². The summed E-state index contributed by atoms with van der Waals surface area (Å²) in [5.41, 5.74) is 1.07. The van der Waals surface area contributed by atoms with E-state index < -0.39 is 0 Å². The van der Waals surface area contributed by atoms with Gasteiger partial charge in [-0.3, -0.25) is 0 Å². The molecule has 1 aromatic rings. The molecule has 1 atom stereocenters. The van der Waals surface area contributed by atoms with Crippen LogP contribution in [-0.2, 0) is 0 Å². The number of methoxy groups -OCH3 is 1. The average molecular weight is 175 g/mol. The van der Waals surface area contributed by atoms with Gasteiger partial charge in [-0.25, -0.2) is 0 Å². The topological polar surface area (TPSA) is 46.3 Å². The van der Waals surface area contributed by atoms with Crippen molar-refractivity contribution < 1.29 is 4.74 Å². The quantitative estimate of drug-likeness (QED) is 0.679. The predicted molar refractivity (Wildman–Crippen MR) is 49.1 cm³/mol. The highest BCUT2D eigenvalue weighted by atomic mass is 16.5. The molecule has 0 fully saturated rings. The Labute approximate surface area is 75.9 Å². The third-order valence-electron chi connectivity index (χ3n) is 1.89. The molecule has 4 heteroatoms. The lowest BCUT2D eigenvalue weighted by atomic mass is 10.1. The maximum absolute atomic E-state index is 5.04. The summed E-state index contributed by atoms with van der Waals surface area (Å²) < 4.78 is 5.04. The lowest BCUT2D eigenvalue weighted by Gasteiger charge is -2.03. The zero-order valence-corrected chi connectivity index (χ0v) is 7.21. The van der Waals surface area contributed by atoms with E-state index in [2.05, 4.69) is 15.4 Å². The molecule has 0 saturated carbocycles. The smallest absolute Gasteiger partial charge is 0.135 e. The predicted octanol–water partition coefficient (Wildman–Crippen LogP) is 2.19. The summed E-state index contributed by atoms with van der Waals surface area (Å²) in [6, 6.07) is 7.69. The van der Waals surface area contributed by atoms with Gasteiger partial charge in [0.25, 0.3) is 0 Å². The molecule has 0 radical (unpaired) electrons. The van der Waals surface area contributed by atoms with Gasteiger partial charge >= 0.3 is 0 Å². The molecule has 66 valence electrons. The van der Waals surface area contributed by atoms with Crippen LogP contribution < -0.4 is 4.74 Å². The van der Waals surface area contributed by atoms with Crippen molar-refractivity contribution in [2.75, 3.05) is 7.11 Å². The minimum atomic E-state index is -0.0223. The molecule has 2 rings (SSSR count). The average Bonchev–Trinajstić information content (AvgIpc) is 2.71. The van der Waals surface area contributed by atoms with Crippen LogP contribution in [0.25, 0.3) is 0 Å². The summed E-state index contributed by atoms with van der Waals surface area (Å²) >= 11 is 0. The summed E-state index contributed by atoms with van der Waals surface area (Å²) in [5, 5.41) is 11.2. The van der Waals surface area contributed by atoms with E-state index in [9.17, 15) is 0 Å². The molecule has 1 aliphatic rings. The maximum Gasteiger partial charge on any atom is 0.135 e. The summed E-state index contributed by atoms with van der Waals surface area (Å²) in [4.78, 5) is 0. The molecular weight excluding hydrogens is 166 g/mol. The Bertz CT molecular complexity index is 330. The molecule has 13 heavy (non-hydrogen) atoms. The van der Waals surface area contributed by atoms with Gasteiger partial charge in [0.1, 0.15) is 11.8 Å². The Balaban J connectivity index is 2.22. The molecule has 1 aromatic carbocycles. The molecule has 1 aliphatic heterocycles. The van der Waals surface area contributed by atoms with E-state index in [1.165, 1.54) is 0 Å². The Morgan fingerprint density at radius 1 is 1.23 bits per heavy atom. The van der Waals surface area contributed by atoms with Crippen LogP contribution >= 0.6 is 0 Å². The fraction of sp³-hybridized carbons (Fsp3) is 0.222. The van der Waals surface area contributed by atoms with Gasteiger partial charge in [0.05, 0.1) is 13.3 Å². The Hall–Kier alpha value is -1.71. The number of rotatable bonds is 2. The molecule has 4 nitrogen and oxygen atoms in total. The molecular formula is C9H9N3O. The molecule has 0 amide bonds. The summed E-state index contributed by atoms with van der Waals surface area (Å²) in [7, 11) is 1.64. The first-order chi connectivity index (χ1) is 6.40. The fourth-order valence-electron chi connectivity index (χ4n) is 1.16. The normalized spacial score (nSPS) is 19.3. The largest absolute Gasteiger partial charge is 0.497 e. The molecule has 0 aliphatic carbocycles. The second kappa shape index (κ2) is 3.35. The second-order valence-corrected chi connectivity index (χ2v) is 2.69. The van der Waals surface area contributed by atoms with Crippen LogP contribution in [0.15, 0.2) is 39.7 Å². The first kappa shape index (κ1) is 7.91. The summed E-state index contributed by atoms with van der Waals surface area (Å²) in [5.74, 6) is 0.843. The van der Waals surface area contributed by atoms with Crippen molar-refractivity contribution in [1.29, 1.82) is 0 Å². The highest BCUT2D eigenvalue weighted by molar-refractivity contribution is 5.68. The third kappa shape index (κ3) is 1.56. The van der Waals surface area contributed by atoms with Gasteiger partial charge in [0, 0.05) is 0 Å². The summed E-state index contributed by atoms with van der Waals surface area (Å²) in [6.07, 6.45) is 1.71. The standard InChI is InChI=1S/C9H9N3O/c1-13-8-4-2-7(3-5-8)9-6-10-12-11-9/h2-6,9H,1H3. The molecule has 1 heterocycles. The van der Waals surface area contributed by atoms with Gasteiger partial charge in [-0.2, -0.15) is 5.11 Å². The highest BCUT2D eigenvalue weighted by Crippen LogP contribution is 2.21. The van der Waals surface area contributed by atoms with Crippen LogP contribution in [0.5, 0.6) is 5.75 Å². The molecule has 1 unspecified atom stereocenters. The number of hydrogen-bond acceptors (Lipinski definition) is 4. The fourth-order valence-corrected chi connectivity index (χ4v) is 1.16. The Morgan fingerprint density at radius 3 is 2.54 bits per heavy atom. The first-order valence-corrected chi connectivity index (χ1v) is 3.97. The van der Waals surface area contributed by atoms with Crippen molar-refractivity contribution in [2.24, 2.45) is 15.4 Å². The van der Waals surface area contributed by atoms with Crippen molar-refractivity contribution >= 4 is 6.21 Å². The van der Waals surface area contributed by atoms with Crippen molar-refractivity contribution in [3.8, 4) is 5.75 Å². The molecule has 0 aromatic heterocycles. The van der Waals surface area contributed by atoms with Gasteiger partial charge in [-0.05, 0) is 22.9 Å². The molecule has 0 spiro atoms. The number of ether oxygens (including phenoxy) is 1. The monoisotopic (exact) mass is 175 g/mol. The molecule has 0 bridgehead atoms. The van der Waals surface area contributed by atoms with Gasteiger partial charge < -0.3 is 4.74 Å². The van der Waals surface area contributed by atoms with E-state index >= 15 is 0 Å². The van der Waals surface area contributed by atoms with Crippen LogP contribution in [0, 0.1) is 0 Å². The highest BCUT2D eigenvalue weighted by Gasteiger charge is 2.10. The lowest BCUT2D eigenvalue weighted by molar-refractivity contribution is 0.414. The number of nitrogens with zero attached hydrogens (tertiary/aromatic N) is 3. The van der Waals surface area contributed by atoms with Crippen LogP contribution in [0.4, 0.5) is 0 Å². The van der Waals surface area contributed by atoms with Gasteiger partial charge in [0.2, 0.25) is 0 Å². The first-order valence-electron chi connectivity index (χ1n) is 3.97. The van der Waals surface area contributed by atoms with Gasteiger partial charge in [-0.1, -0.05) is 12.1 Å². The Kier molecular flexibility index (Phi) is 2.04. The van der Waals surface area contributed by atoms with Crippen LogP contribution in [0.3, 0.4) is 0 Å². The van der Waals surface area contributed by atoms with Crippen molar-refractivity contribution in [1.82, 2.24) is 0 Å². The van der Waals surface area contributed by atoms with E-state index in [0.717, 1.165) is 11.3 Å². The van der Waals surface area contributed by atoms with Crippen LogP contribution in [0.2, 0.25) is 0 Å². The molecule has 0 N–H and O–H groups in total. The van der Waals surface area contributed by atoms with Crippen molar-refractivity contribution in [3.05, 3.63) is 29.8 Å². The van der Waals surface area contributed by atoms with Crippen molar-refractivity contribution in [3.63, 3.8) is 0 Å². The second-order valence-electron chi connectivity index (χ2n) is 2.69. The molecule has 0 saturated heterocycles. The van der Waals surface area contributed by atoms with Crippen molar-refractivity contribution in [2.45, 2.75) is 6.04 Å². The number of hydrogen-bond donors (Lipinski definition) is 0. The SMILES string of the molecule is COc1ccc(C2C=NN=N2)cc1. The van der Waals surface area contributed by atoms with E-state index in [1.54, 1.807) is 13.3 Å². The zero-order chi connectivity index (χ0) is 9.10. The van der Waals surface area contributed by atoms with E-state index in [0.29, 0.717) is 0 Å². The number of benzene rings is 1. The Morgan fingerprint density at radius 2 is 2.00 bits per heavy atom. The third-order valence-corrected chi connectivity index (χ3v) is 1.89. The van der Waals surface area contributed by atoms with Crippen LogP contribution in [0.1, 0.15) is 11.6 Å². The maximum atomic E-state index is 5.04. The zero-order valence-electron chi connectivity index (χ0n) is 7.21. The van der Waals surface area contributed by atoms with E-state index in [-0.39, 0.29) is 6.04 Å². The van der Waals surface area contributed by atoms with Gasteiger partial charge in [-0.15, -0.1) is 5.10 Å².